The van der Waals surface area contributed by atoms with Crippen molar-refractivity contribution in [1.29, 1.82) is 0 Å². The standard InChI is InChI=1S/C21H33NOSi/c1-21(2,3)24(4,5)23-16-17-7-8-18-9-10-19(20(18)15-17)11-14-22-12-6-13-22/h7-8,11,15H,6,9-10,12-14,16H2,1-5H3/b19-11+. The molecule has 0 aromatic heterocycles. The first-order chi connectivity index (χ1) is 11.3. The molecule has 3 heteroatoms. The third-order valence-electron chi connectivity index (χ3n) is 6.13. The van der Waals surface area contributed by atoms with Gasteiger partial charge in [0.05, 0.1) is 6.61 Å². The number of hydrogen-bond acceptors (Lipinski definition) is 2. The monoisotopic (exact) mass is 343 g/mol. The van der Waals surface area contributed by atoms with Gasteiger partial charge in [-0.3, -0.25) is 4.90 Å². The lowest BCUT2D eigenvalue weighted by Gasteiger charge is -2.36. The molecule has 24 heavy (non-hydrogen) atoms. The van der Waals surface area contributed by atoms with Crippen molar-refractivity contribution < 1.29 is 4.43 Å². The van der Waals surface area contributed by atoms with Gasteiger partial charge < -0.3 is 4.43 Å². The molecule has 1 fully saturated rings. The molecule has 0 saturated carbocycles. The predicted molar refractivity (Wildman–Crippen MR) is 106 cm³/mol. The summed E-state index contributed by atoms with van der Waals surface area (Å²) in [7, 11) is -1.68. The Bertz CT molecular complexity index is 623. The number of likely N-dealkylation sites (tertiary alicyclic amines) is 1. The molecule has 0 amide bonds. The second-order valence-corrected chi connectivity index (χ2v) is 13.7. The van der Waals surface area contributed by atoms with Crippen LogP contribution in [0.4, 0.5) is 0 Å². The number of benzene rings is 1. The molecule has 0 unspecified atom stereocenters. The molecule has 1 aromatic carbocycles. The van der Waals surface area contributed by atoms with E-state index in [0.717, 1.165) is 13.2 Å². The Labute approximate surface area is 149 Å². The molecule has 0 spiro atoms. The fraction of sp³-hybridized carbons (Fsp3) is 0.619. The predicted octanol–water partition coefficient (Wildman–Crippen LogP) is 5.24. The minimum atomic E-state index is -1.68. The lowest BCUT2D eigenvalue weighted by molar-refractivity contribution is 0.203. The molecule has 2 aliphatic rings. The summed E-state index contributed by atoms with van der Waals surface area (Å²) in [5, 5.41) is 0.270. The first-order valence-corrected chi connectivity index (χ1v) is 12.3. The Morgan fingerprint density at radius 1 is 1.17 bits per heavy atom. The summed E-state index contributed by atoms with van der Waals surface area (Å²) in [6, 6.07) is 6.98. The molecule has 1 aromatic rings. The van der Waals surface area contributed by atoms with Gasteiger partial charge in [0.25, 0.3) is 0 Å². The Balaban J connectivity index is 1.69. The Morgan fingerprint density at radius 3 is 2.54 bits per heavy atom. The van der Waals surface area contributed by atoms with Crippen molar-refractivity contribution in [3.8, 4) is 0 Å². The maximum Gasteiger partial charge on any atom is 0.192 e. The van der Waals surface area contributed by atoms with Crippen LogP contribution in [0.2, 0.25) is 18.1 Å². The maximum absolute atomic E-state index is 6.41. The summed E-state index contributed by atoms with van der Waals surface area (Å²) in [6.45, 7) is 16.0. The molecule has 2 nitrogen and oxygen atoms in total. The van der Waals surface area contributed by atoms with Crippen LogP contribution in [0.15, 0.2) is 24.3 Å². The molecular formula is C21H33NOSi. The third-order valence-corrected chi connectivity index (χ3v) is 10.6. The molecule has 0 N–H and O–H groups in total. The summed E-state index contributed by atoms with van der Waals surface area (Å²) in [6.07, 6.45) is 6.23. The zero-order valence-electron chi connectivity index (χ0n) is 16.1. The first kappa shape index (κ1) is 17.9. The first-order valence-electron chi connectivity index (χ1n) is 9.44. The van der Waals surface area contributed by atoms with Crippen LogP contribution >= 0.6 is 0 Å². The van der Waals surface area contributed by atoms with Crippen LogP contribution in [0.5, 0.6) is 0 Å². The summed E-state index contributed by atoms with van der Waals surface area (Å²) >= 11 is 0. The average molecular weight is 344 g/mol. The van der Waals surface area contributed by atoms with E-state index in [0.29, 0.717) is 0 Å². The van der Waals surface area contributed by atoms with E-state index in [9.17, 15) is 0 Å². The summed E-state index contributed by atoms with van der Waals surface area (Å²) in [5.74, 6) is 0. The Morgan fingerprint density at radius 2 is 1.92 bits per heavy atom. The molecule has 0 radical (unpaired) electrons. The Hall–Kier alpha value is -0.903. The second-order valence-electron chi connectivity index (χ2n) is 8.92. The quantitative estimate of drug-likeness (QED) is 0.678. The Kier molecular flexibility index (Phi) is 5.06. The van der Waals surface area contributed by atoms with Crippen molar-refractivity contribution >= 4 is 13.9 Å². The highest BCUT2D eigenvalue weighted by Crippen LogP contribution is 2.38. The van der Waals surface area contributed by atoms with Crippen LogP contribution in [0, 0.1) is 0 Å². The van der Waals surface area contributed by atoms with E-state index in [1.165, 1.54) is 49.0 Å². The van der Waals surface area contributed by atoms with Crippen LogP contribution in [0.25, 0.3) is 5.57 Å². The second kappa shape index (κ2) is 6.78. The van der Waals surface area contributed by atoms with Crippen molar-refractivity contribution in [2.45, 2.75) is 64.8 Å². The van der Waals surface area contributed by atoms with Gasteiger partial charge in [-0.05, 0) is 78.8 Å². The van der Waals surface area contributed by atoms with Crippen molar-refractivity contribution in [2.24, 2.45) is 0 Å². The van der Waals surface area contributed by atoms with E-state index < -0.39 is 8.32 Å². The number of fused-ring (bicyclic) bond motifs is 1. The molecule has 0 atom stereocenters. The van der Waals surface area contributed by atoms with Gasteiger partial charge in [-0.15, -0.1) is 0 Å². The topological polar surface area (TPSA) is 12.5 Å². The van der Waals surface area contributed by atoms with E-state index in [-0.39, 0.29) is 5.04 Å². The summed E-state index contributed by atoms with van der Waals surface area (Å²) in [4.78, 5) is 2.52. The van der Waals surface area contributed by atoms with Gasteiger partial charge in [-0.1, -0.05) is 39.0 Å². The fourth-order valence-electron chi connectivity index (χ4n) is 3.13. The van der Waals surface area contributed by atoms with Crippen LogP contribution in [0.3, 0.4) is 0 Å². The lowest BCUT2D eigenvalue weighted by atomic mass is 10.0. The number of hydrogen-bond donors (Lipinski definition) is 0. The van der Waals surface area contributed by atoms with Crippen LogP contribution < -0.4 is 0 Å². The minimum Gasteiger partial charge on any atom is -0.413 e. The van der Waals surface area contributed by atoms with Crippen molar-refractivity contribution in [3.63, 3.8) is 0 Å². The van der Waals surface area contributed by atoms with E-state index in [2.05, 4.69) is 63.0 Å². The average Bonchev–Trinajstić information content (AvgIpc) is 2.85. The lowest BCUT2D eigenvalue weighted by Crippen LogP contribution is -2.40. The summed E-state index contributed by atoms with van der Waals surface area (Å²) < 4.78 is 6.41. The zero-order chi connectivity index (χ0) is 17.4. The molecule has 1 aliphatic carbocycles. The van der Waals surface area contributed by atoms with Crippen molar-refractivity contribution in [3.05, 3.63) is 41.0 Å². The summed E-state index contributed by atoms with van der Waals surface area (Å²) in [5.41, 5.74) is 5.87. The van der Waals surface area contributed by atoms with Gasteiger partial charge in [-0.2, -0.15) is 0 Å². The fourth-order valence-corrected chi connectivity index (χ4v) is 4.09. The van der Waals surface area contributed by atoms with Gasteiger partial charge in [0.15, 0.2) is 8.32 Å². The third kappa shape index (κ3) is 3.84. The molecule has 1 saturated heterocycles. The van der Waals surface area contributed by atoms with Gasteiger partial charge in [-0.25, -0.2) is 0 Å². The number of aryl methyl sites for hydroxylation is 1. The number of rotatable bonds is 5. The van der Waals surface area contributed by atoms with Gasteiger partial charge in [0, 0.05) is 6.54 Å². The molecule has 1 heterocycles. The van der Waals surface area contributed by atoms with E-state index in [4.69, 9.17) is 4.43 Å². The molecule has 1 aliphatic heterocycles. The van der Waals surface area contributed by atoms with E-state index in [1.54, 1.807) is 5.57 Å². The highest BCUT2D eigenvalue weighted by Gasteiger charge is 2.37. The number of allylic oxidation sites excluding steroid dienone is 1. The van der Waals surface area contributed by atoms with Gasteiger partial charge >= 0.3 is 0 Å². The van der Waals surface area contributed by atoms with Crippen LogP contribution in [-0.2, 0) is 17.5 Å². The van der Waals surface area contributed by atoms with Crippen LogP contribution in [0.1, 0.15) is 50.3 Å². The van der Waals surface area contributed by atoms with E-state index in [1.807, 2.05) is 0 Å². The number of nitrogens with zero attached hydrogens (tertiary/aromatic N) is 1. The molecular weight excluding hydrogens is 310 g/mol. The van der Waals surface area contributed by atoms with Gasteiger partial charge in [0.2, 0.25) is 0 Å². The molecule has 132 valence electrons. The van der Waals surface area contributed by atoms with E-state index >= 15 is 0 Å². The smallest absolute Gasteiger partial charge is 0.192 e. The maximum atomic E-state index is 6.41. The zero-order valence-corrected chi connectivity index (χ0v) is 17.1. The molecule has 3 rings (SSSR count). The van der Waals surface area contributed by atoms with Crippen LogP contribution in [-0.4, -0.2) is 32.9 Å². The highest BCUT2D eigenvalue weighted by molar-refractivity contribution is 6.74. The SMILES string of the molecule is CC(C)(C)[Si](C)(C)OCc1ccc2c(c1)/C(=C/CN1CCC1)CC2. The van der Waals surface area contributed by atoms with Crippen molar-refractivity contribution in [2.75, 3.05) is 19.6 Å². The molecule has 0 bridgehead atoms. The van der Waals surface area contributed by atoms with Gasteiger partial charge in [0.1, 0.15) is 0 Å². The minimum absolute atomic E-state index is 0.270. The normalized spacial score (nSPS) is 20.3. The highest BCUT2D eigenvalue weighted by atomic mass is 28.4. The van der Waals surface area contributed by atoms with Crippen molar-refractivity contribution in [1.82, 2.24) is 4.90 Å². The largest absolute Gasteiger partial charge is 0.413 e.